The molecule has 0 bridgehead atoms. The van der Waals surface area contributed by atoms with Crippen LogP contribution in [0.4, 0.5) is 5.13 Å². The highest BCUT2D eigenvalue weighted by Crippen LogP contribution is 2.32. The molecule has 0 aromatic carbocycles. The fourth-order valence-corrected chi connectivity index (χ4v) is 5.32. The van der Waals surface area contributed by atoms with Crippen LogP contribution in [0.3, 0.4) is 0 Å². The minimum Gasteiger partial charge on any atom is -0.377 e. The first-order valence-corrected chi connectivity index (χ1v) is 8.32. The second-order valence-electron chi connectivity index (χ2n) is 5.02. The molecule has 8 heteroatoms. The number of hydrogen-bond acceptors (Lipinski definition) is 6. The summed E-state index contributed by atoms with van der Waals surface area (Å²) in [4.78, 5) is 3.99. The Balaban J connectivity index is 2.32. The molecule has 0 amide bonds. The van der Waals surface area contributed by atoms with Crippen molar-refractivity contribution in [2.75, 3.05) is 25.9 Å². The summed E-state index contributed by atoms with van der Waals surface area (Å²) >= 11 is 1.02. The number of nitrogen functional groups attached to an aromatic ring is 1. The van der Waals surface area contributed by atoms with E-state index in [9.17, 15) is 8.42 Å². The van der Waals surface area contributed by atoms with E-state index in [2.05, 4.69) is 4.98 Å². The van der Waals surface area contributed by atoms with Crippen molar-refractivity contribution in [3.8, 4) is 0 Å². The van der Waals surface area contributed by atoms with Crippen LogP contribution in [0.2, 0.25) is 0 Å². The summed E-state index contributed by atoms with van der Waals surface area (Å²) in [6.45, 7) is 4.48. The highest BCUT2D eigenvalue weighted by atomic mass is 32.2. The average molecular weight is 305 g/mol. The maximum absolute atomic E-state index is 12.6. The Kier molecular flexibility index (Phi) is 3.87. The van der Waals surface area contributed by atoms with E-state index in [1.54, 1.807) is 14.0 Å². The van der Waals surface area contributed by atoms with Gasteiger partial charge in [0, 0.05) is 20.2 Å². The van der Waals surface area contributed by atoms with Crippen molar-refractivity contribution in [2.24, 2.45) is 0 Å². The zero-order valence-electron chi connectivity index (χ0n) is 11.3. The van der Waals surface area contributed by atoms with Gasteiger partial charge in [0.15, 0.2) is 9.34 Å². The van der Waals surface area contributed by atoms with Gasteiger partial charge >= 0.3 is 0 Å². The van der Waals surface area contributed by atoms with Crippen LogP contribution in [0.5, 0.6) is 0 Å². The Morgan fingerprint density at radius 3 is 2.74 bits per heavy atom. The summed E-state index contributed by atoms with van der Waals surface area (Å²) in [5.74, 6) is 0. The van der Waals surface area contributed by atoms with Gasteiger partial charge in [-0.1, -0.05) is 11.3 Å². The molecule has 108 valence electrons. The van der Waals surface area contributed by atoms with Gasteiger partial charge in [0.2, 0.25) is 0 Å². The summed E-state index contributed by atoms with van der Waals surface area (Å²) in [5, 5.41) is 0.280. The molecule has 0 saturated carbocycles. The summed E-state index contributed by atoms with van der Waals surface area (Å²) in [6, 6.07) is 0. The van der Waals surface area contributed by atoms with E-state index < -0.39 is 15.6 Å². The van der Waals surface area contributed by atoms with Crippen LogP contribution in [0, 0.1) is 6.92 Å². The zero-order valence-corrected chi connectivity index (χ0v) is 13.0. The van der Waals surface area contributed by atoms with Crippen molar-refractivity contribution in [3.05, 3.63) is 5.69 Å². The molecule has 1 aliphatic rings. The Morgan fingerprint density at radius 2 is 2.21 bits per heavy atom. The van der Waals surface area contributed by atoms with Crippen molar-refractivity contribution in [2.45, 2.75) is 36.5 Å². The molecule has 6 nitrogen and oxygen atoms in total. The van der Waals surface area contributed by atoms with E-state index in [-0.39, 0.29) is 9.34 Å². The average Bonchev–Trinajstić information content (AvgIpc) is 2.69. The number of ether oxygens (including phenoxy) is 1. The van der Waals surface area contributed by atoms with E-state index in [1.807, 2.05) is 6.92 Å². The quantitative estimate of drug-likeness (QED) is 0.907. The van der Waals surface area contributed by atoms with Gasteiger partial charge in [0.05, 0.1) is 11.3 Å². The van der Waals surface area contributed by atoms with E-state index in [0.717, 1.165) is 24.2 Å². The van der Waals surface area contributed by atoms with Crippen LogP contribution >= 0.6 is 11.3 Å². The van der Waals surface area contributed by atoms with Crippen LogP contribution in [-0.2, 0) is 14.8 Å². The normalized spacial score (nSPS) is 25.6. The molecule has 19 heavy (non-hydrogen) atoms. The first kappa shape index (κ1) is 14.7. The molecule has 0 radical (unpaired) electrons. The van der Waals surface area contributed by atoms with Gasteiger partial charge in [-0.2, -0.15) is 4.31 Å². The van der Waals surface area contributed by atoms with E-state index in [0.29, 0.717) is 18.8 Å². The Labute approximate surface area is 117 Å². The summed E-state index contributed by atoms with van der Waals surface area (Å²) in [6.07, 6.45) is 1.65. The van der Waals surface area contributed by atoms with E-state index >= 15 is 0 Å². The Bertz CT molecular complexity index is 570. The lowest BCUT2D eigenvalue weighted by Crippen LogP contribution is -2.49. The third kappa shape index (κ3) is 2.76. The van der Waals surface area contributed by atoms with E-state index in [4.69, 9.17) is 10.5 Å². The number of sulfonamides is 1. The topological polar surface area (TPSA) is 85.5 Å². The molecule has 1 unspecified atom stereocenters. The van der Waals surface area contributed by atoms with E-state index in [1.165, 1.54) is 4.31 Å². The molecular formula is C11H19N3O3S2. The third-order valence-electron chi connectivity index (χ3n) is 3.46. The fraction of sp³-hybridized carbons (Fsp3) is 0.727. The van der Waals surface area contributed by atoms with Crippen LogP contribution in [0.15, 0.2) is 4.21 Å². The van der Waals surface area contributed by atoms with Gasteiger partial charge in [-0.3, -0.25) is 0 Å². The molecule has 1 atom stereocenters. The van der Waals surface area contributed by atoms with Gasteiger partial charge in [-0.25, -0.2) is 13.4 Å². The number of hydrogen-bond donors (Lipinski definition) is 1. The zero-order chi connectivity index (χ0) is 14.3. The van der Waals surface area contributed by atoms with Gasteiger partial charge in [-0.05, 0) is 26.7 Å². The van der Waals surface area contributed by atoms with Gasteiger partial charge < -0.3 is 10.5 Å². The number of rotatable bonds is 3. The van der Waals surface area contributed by atoms with Crippen LogP contribution in [-0.4, -0.2) is 43.5 Å². The molecule has 2 rings (SSSR count). The largest absolute Gasteiger partial charge is 0.377 e. The number of nitrogens with two attached hydrogens (primary N) is 1. The maximum Gasteiger partial charge on any atom is 0.254 e. The number of aromatic nitrogens is 1. The fourth-order valence-electron chi connectivity index (χ4n) is 2.29. The predicted octanol–water partition coefficient (Wildman–Crippen LogP) is 1.22. The van der Waals surface area contributed by atoms with Crippen molar-refractivity contribution in [1.82, 2.24) is 9.29 Å². The third-order valence-corrected chi connectivity index (χ3v) is 6.88. The molecule has 0 aliphatic carbocycles. The lowest BCUT2D eigenvalue weighted by Gasteiger charge is -2.38. The number of methoxy groups -OCH3 is 1. The van der Waals surface area contributed by atoms with Crippen molar-refractivity contribution < 1.29 is 13.2 Å². The number of thiazole rings is 1. The predicted molar refractivity (Wildman–Crippen MR) is 74.7 cm³/mol. The minimum absolute atomic E-state index is 0.241. The monoisotopic (exact) mass is 305 g/mol. The number of aryl methyl sites for hydroxylation is 1. The standard InChI is InChI=1S/C11H19N3O3S2/c1-8-9(18-10(12)13-8)19(15,16)14-6-4-5-11(2,7-14)17-3/h4-7H2,1-3H3,(H2,12,13). The molecule has 2 heterocycles. The molecule has 1 aromatic rings. The van der Waals surface area contributed by atoms with Crippen molar-refractivity contribution >= 4 is 26.5 Å². The van der Waals surface area contributed by atoms with Crippen molar-refractivity contribution in [1.29, 1.82) is 0 Å². The van der Waals surface area contributed by atoms with Crippen LogP contribution < -0.4 is 5.73 Å². The highest BCUT2D eigenvalue weighted by molar-refractivity contribution is 7.91. The lowest BCUT2D eigenvalue weighted by molar-refractivity contribution is -0.0319. The summed E-state index contributed by atoms with van der Waals surface area (Å²) in [5.41, 5.74) is 5.63. The van der Waals surface area contributed by atoms with Crippen LogP contribution in [0.1, 0.15) is 25.5 Å². The molecule has 1 fully saturated rings. The molecular weight excluding hydrogens is 286 g/mol. The second-order valence-corrected chi connectivity index (χ2v) is 8.18. The molecule has 0 spiro atoms. The smallest absolute Gasteiger partial charge is 0.254 e. The SMILES string of the molecule is COC1(C)CCCN(S(=O)(=O)c2sc(N)nc2C)C1. The minimum atomic E-state index is -3.52. The van der Waals surface area contributed by atoms with Gasteiger partial charge in [-0.15, -0.1) is 0 Å². The number of anilines is 1. The second kappa shape index (κ2) is 5.01. The summed E-state index contributed by atoms with van der Waals surface area (Å²) in [7, 11) is -1.91. The van der Waals surface area contributed by atoms with Gasteiger partial charge in [0.25, 0.3) is 10.0 Å². The number of piperidine rings is 1. The van der Waals surface area contributed by atoms with Crippen molar-refractivity contribution in [3.63, 3.8) is 0 Å². The summed E-state index contributed by atoms with van der Waals surface area (Å²) < 4.78 is 32.4. The highest BCUT2D eigenvalue weighted by Gasteiger charge is 2.38. The first-order chi connectivity index (χ1) is 8.78. The van der Waals surface area contributed by atoms with Gasteiger partial charge in [0.1, 0.15) is 0 Å². The molecule has 1 aromatic heterocycles. The Hall–Kier alpha value is -0.700. The Morgan fingerprint density at radius 1 is 1.53 bits per heavy atom. The molecule has 1 aliphatic heterocycles. The molecule has 2 N–H and O–H groups in total. The maximum atomic E-state index is 12.6. The molecule has 1 saturated heterocycles. The lowest BCUT2D eigenvalue weighted by atomic mass is 9.96. The first-order valence-electron chi connectivity index (χ1n) is 6.07. The number of nitrogens with zero attached hydrogens (tertiary/aromatic N) is 2. The van der Waals surface area contributed by atoms with Crippen LogP contribution in [0.25, 0.3) is 0 Å².